The molecule has 0 aliphatic carbocycles. The van der Waals surface area contributed by atoms with Crippen molar-refractivity contribution in [3.8, 4) is 0 Å². The molecule has 1 aromatic carbocycles. The third-order valence-electron chi connectivity index (χ3n) is 5.60. The molecule has 31 heavy (non-hydrogen) atoms. The third kappa shape index (κ3) is 3.81. The number of carbonyl (C=O) groups is 3. The summed E-state index contributed by atoms with van der Waals surface area (Å²) >= 11 is 0. The van der Waals surface area contributed by atoms with Crippen LogP contribution in [0.5, 0.6) is 0 Å². The molecule has 3 aromatic rings. The average Bonchev–Trinajstić information content (AvgIpc) is 3.21. The van der Waals surface area contributed by atoms with Crippen molar-refractivity contribution in [2.45, 2.75) is 32.7 Å². The first-order chi connectivity index (χ1) is 14.9. The zero-order valence-corrected chi connectivity index (χ0v) is 17.8. The number of benzene rings is 1. The highest BCUT2D eigenvalue weighted by Gasteiger charge is 2.36. The van der Waals surface area contributed by atoms with Gasteiger partial charge in [-0.2, -0.15) is 0 Å². The molecule has 2 aromatic heterocycles. The summed E-state index contributed by atoms with van der Waals surface area (Å²) in [5.74, 6) is 0.0484. The lowest BCUT2D eigenvalue weighted by atomic mass is 10.0. The number of nitrogens with one attached hydrogen (secondary N) is 1. The Kier molecular flexibility index (Phi) is 5.54. The van der Waals surface area contributed by atoms with E-state index in [1.807, 2.05) is 49.7 Å². The number of pyridine rings is 1. The van der Waals surface area contributed by atoms with Crippen molar-refractivity contribution in [2.24, 2.45) is 13.0 Å². The molecule has 8 nitrogen and oxygen atoms in total. The van der Waals surface area contributed by atoms with E-state index in [1.165, 1.54) is 6.20 Å². The fourth-order valence-corrected chi connectivity index (χ4v) is 3.93. The molecule has 0 spiro atoms. The number of imide groups is 1. The van der Waals surface area contributed by atoms with Gasteiger partial charge in [0.15, 0.2) is 0 Å². The van der Waals surface area contributed by atoms with E-state index >= 15 is 0 Å². The molecule has 3 heterocycles. The van der Waals surface area contributed by atoms with Gasteiger partial charge in [-0.15, -0.1) is 0 Å². The van der Waals surface area contributed by atoms with Crippen LogP contribution in [0.4, 0.5) is 0 Å². The average molecular weight is 419 g/mol. The minimum absolute atomic E-state index is 0.138. The zero-order chi connectivity index (χ0) is 22.1. The molecule has 8 heteroatoms. The maximum Gasteiger partial charge on any atom is 0.280 e. The minimum atomic E-state index is -0.402. The Hall–Kier alpha value is -3.55. The van der Waals surface area contributed by atoms with Crippen LogP contribution in [0.2, 0.25) is 0 Å². The molecule has 0 fully saturated rings. The van der Waals surface area contributed by atoms with E-state index in [4.69, 9.17) is 4.98 Å². The topological polar surface area (TPSA) is 97.2 Å². The molecular formula is C23H25N5O3. The van der Waals surface area contributed by atoms with Crippen LogP contribution in [-0.4, -0.2) is 43.7 Å². The van der Waals surface area contributed by atoms with Crippen LogP contribution >= 0.6 is 0 Å². The summed E-state index contributed by atoms with van der Waals surface area (Å²) in [4.78, 5) is 47.3. The molecule has 0 unspecified atom stereocenters. The van der Waals surface area contributed by atoms with Gasteiger partial charge in [-0.05, 0) is 36.6 Å². The molecule has 1 N–H and O–H groups in total. The van der Waals surface area contributed by atoms with Crippen LogP contribution < -0.4 is 5.32 Å². The maximum absolute atomic E-state index is 12.7. The highest BCUT2D eigenvalue weighted by Crippen LogP contribution is 2.25. The van der Waals surface area contributed by atoms with Crippen LogP contribution in [0.25, 0.3) is 11.0 Å². The second-order valence-electron chi connectivity index (χ2n) is 8.07. The van der Waals surface area contributed by atoms with Gasteiger partial charge in [0, 0.05) is 26.2 Å². The van der Waals surface area contributed by atoms with Crippen LogP contribution in [-0.2, 0) is 11.8 Å². The Morgan fingerprint density at radius 2 is 1.87 bits per heavy atom. The lowest BCUT2D eigenvalue weighted by Crippen LogP contribution is -2.35. The van der Waals surface area contributed by atoms with Crippen LogP contribution in [0.1, 0.15) is 59.4 Å². The highest BCUT2D eigenvalue weighted by atomic mass is 16.2. The van der Waals surface area contributed by atoms with E-state index < -0.39 is 5.91 Å². The predicted octanol–water partition coefficient (Wildman–Crippen LogP) is 2.86. The second-order valence-corrected chi connectivity index (χ2v) is 8.07. The second kappa shape index (κ2) is 8.29. The molecular weight excluding hydrogens is 394 g/mol. The molecule has 3 amide bonds. The standard InChI is InChI=1S/C23H25N5O3/c1-14(2)19(21-25-16-9-4-5-10-17(16)27(21)3)26-18(29)11-7-13-28-22(30)15-8-6-12-24-20(15)23(28)31/h4-6,8-10,12,14,19H,7,11,13H2,1-3H3,(H,26,29)/t19-/m0/s1. The summed E-state index contributed by atoms with van der Waals surface area (Å²) in [6, 6.07) is 10.8. The largest absolute Gasteiger partial charge is 0.346 e. The Bertz CT molecular complexity index is 1130. The fourth-order valence-electron chi connectivity index (χ4n) is 3.93. The molecule has 4 rings (SSSR count). The van der Waals surface area contributed by atoms with Gasteiger partial charge in [0.25, 0.3) is 11.8 Å². The zero-order valence-electron chi connectivity index (χ0n) is 17.8. The molecule has 1 atom stereocenters. The van der Waals surface area contributed by atoms with Crippen molar-refractivity contribution >= 4 is 28.8 Å². The molecule has 0 saturated heterocycles. The Labute approximate surface area is 180 Å². The number of imidazole rings is 1. The van der Waals surface area contributed by atoms with E-state index in [0.717, 1.165) is 21.8 Å². The van der Waals surface area contributed by atoms with Gasteiger partial charge < -0.3 is 9.88 Å². The van der Waals surface area contributed by atoms with E-state index in [-0.39, 0.29) is 42.4 Å². The molecule has 160 valence electrons. The molecule has 0 saturated carbocycles. The Morgan fingerprint density at radius 1 is 1.10 bits per heavy atom. The van der Waals surface area contributed by atoms with E-state index in [9.17, 15) is 14.4 Å². The summed E-state index contributed by atoms with van der Waals surface area (Å²) in [5.41, 5.74) is 2.40. The van der Waals surface area contributed by atoms with Crippen LogP contribution in [0.3, 0.4) is 0 Å². The third-order valence-corrected chi connectivity index (χ3v) is 5.60. The SMILES string of the molecule is CC(C)[C@H](NC(=O)CCCN1C(=O)c2cccnc2C1=O)c1nc2ccccc2n1C. The smallest absolute Gasteiger partial charge is 0.280 e. The van der Waals surface area contributed by atoms with Gasteiger partial charge in [0.05, 0.1) is 22.6 Å². The van der Waals surface area contributed by atoms with Gasteiger partial charge in [-0.3, -0.25) is 24.3 Å². The summed E-state index contributed by atoms with van der Waals surface area (Å²) in [6.07, 6.45) is 2.08. The number of aromatic nitrogens is 3. The number of nitrogens with zero attached hydrogens (tertiary/aromatic N) is 4. The van der Waals surface area contributed by atoms with Gasteiger partial charge in [0.2, 0.25) is 5.91 Å². The van der Waals surface area contributed by atoms with Crippen molar-refractivity contribution < 1.29 is 14.4 Å². The molecule has 1 aliphatic rings. The Morgan fingerprint density at radius 3 is 2.58 bits per heavy atom. The van der Waals surface area contributed by atoms with Gasteiger partial charge in [-0.25, -0.2) is 4.98 Å². The first kappa shape index (κ1) is 20.7. The summed E-state index contributed by atoms with van der Waals surface area (Å²) in [7, 11) is 1.95. The minimum Gasteiger partial charge on any atom is -0.346 e. The first-order valence-corrected chi connectivity index (χ1v) is 10.4. The number of aryl methyl sites for hydroxylation is 1. The summed E-state index contributed by atoms with van der Waals surface area (Å²) in [5, 5.41) is 3.08. The molecule has 0 radical (unpaired) electrons. The number of hydrogen-bond donors (Lipinski definition) is 1. The van der Waals surface area contributed by atoms with Crippen LogP contribution in [0.15, 0.2) is 42.6 Å². The normalized spacial score (nSPS) is 14.4. The Balaban J connectivity index is 1.39. The lowest BCUT2D eigenvalue weighted by Gasteiger charge is -2.22. The van der Waals surface area contributed by atoms with Gasteiger partial charge >= 0.3 is 0 Å². The number of carbonyl (C=O) groups excluding carboxylic acids is 3. The van der Waals surface area contributed by atoms with Crippen molar-refractivity contribution in [3.05, 3.63) is 59.7 Å². The van der Waals surface area contributed by atoms with Crippen molar-refractivity contribution in [1.82, 2.24) is 24.8 Å². The number of amides is 3. The van der Waals surface area contributed by atoms with Crippen molar-refractivity contribution in [3.63, 3.8) is 0 Å². The van der Waals surface area contributed by atoms with Crippen LogP contribution in [0, 0.1) is 5.92 Å². The highest BCUT2D eigenvalue weighted by molar-refractivity contribution is 6.20. The quantitative estimate of drug-likeness (QED) is 0.594. The first-order valence-electron chi connectivity index (χ1n) is 10.4. The molecule has 0 bridgehead atoms. The lowest BCUT2D eigenvalue weighted by molar-refractivity contribution is -0.122. The summed E-state index contributed by atoms with van der Waals surface area (Å²) in [6.45, 7) is 4.26. The monoisotopic (exact) mass is 419 g/mol. The van der Waals surface area contributed by atoms with Gasteiger partial charge in [-0.1, -0.05) is 26.0 Å². The number of rotatable bonds is 7. The van der Waals surface area contributed by atoms with Crippen molar-refractivity contribution in [2.75, 3.05) is 6.54 Å². The number of hydrogen-bond acceptors (Lipinski definition) is 5. The van der Waals surface area contributed by atoms with Gasteiger partial charge in [0.1, 0.15) is 11.5 Å². The van der Waals surface area contributed by atoms with Crippen molar-refractivity contribution in [1.29, 1.82) is 0 Å². The number of fused-ring (bicyclic) bond motifs is 2. The molecule has 1 aliphatic heterocycles. The van der Waals surface area contributed by atoms with E-state index in [1.54, 1.807) is 12.1 Å². The van der Waals surface area contributed by atoms with E-state index in [2.05, 4.69) is 10.3 Å². The van der Waals surface area contributed by atoms with E-state index in [0.29, 0.717) is 12.0 Å². The predicted molar refractivity (Wildman–Crippen MR) is 115 cm³/mol. The summed E-state index contributed by atoms with van der Waals surface area (Å²) < 4.78 is 2.01. The maximum atomic E-state index is 12.7. The fraction of sp³-hybridized carbons (Fsp3) is 0.348. The number of para-hydroxylation sites is 2.